The van der Waals surface area contributed by atoms with Crippen molar-refractivity contribution in [3.63, 3.8) is 0 Å². The van der Waals surface area contributed by atoms with Crippen molar-refractivity contribution in [2.24, 2.45) is 5.41 Å². The van der Waals surface area contributed by atoms with E-state index >= 15 is 0 Å². The molecule has 0 spiro atoms. The van der Waals surface area contributed by atoms with E-state index in [1.54, 1.807) is 12.1 Å². The van der Waals surface area contributed by atoms with Crippen molar-refractivity contribution in [1.82, 2.24) is 5.32 Å². The average Bonchev–Trinajstić information content (AvgIpc) is 2.81. The monoisotopic (exact) mass is 421 g/mol. The van der Waals surface area contributed by atoms with E-state index < -0.39 is 5.41 Å². The van der Waals surface area contributed by atoms with Gasteiger partial charge in [-0.25, -0.2) is 4.39 Å². The third-order valence-electron chi connectivity index (χ3n) is 6.70. The molecule has 2 aromatic rings. The number of hydrogen-bond acceptors (Lipinski definition) is 2. The highest BCUT2D eigenvalue weighted by atomic mass is 19.1. The fourth-order valence-corrected chi connectivity index (χ4v) is 4.80. The standard InChI is InChI=1S/C27H32FNO2/c28-25-11-9-23(10-12-25)24-8-4-7-22(19-24)20-27(14-17-31-18-15-27)26(30)29-16-13-21-5-2-1-3-6-21/h4-5,7-12,19H,1-3,6,13-18,20H2,(H,29,30). The summed E-state index contributed by atoms with van der Waals surface area (Å²) < 4.78 is 18.9. The third kappa shape index (κ3) is 5.62. The number of carbonyl (C=O) groups excluding carboxylic acids is 1. The smallest absolute Gasteiger partial charge is 0.226 e. The molecule has 2 aromatic carbocycles. The van der Waals surface area contributed by atoms with Gasteiger partial charge in [-0.15, -0.1) is 0 Å². The van der Waals surface area contributed by atoms with Crippen molar-refractivity contribution >= 4 is 5.91 Å². The van der Waals surface area contributed by atoms with E-state index in [1.165, 1.54) is 43.4 Å². The first-order valence-corrected chi connectivity index (χ1v) is 11.5. The summed E-state index contributed by atoms with van der Waals surface area (Å²) in [6, 6.07) is 14.8. The molecule has 1 aliphatic carbocycles. The van der Waals surface area contributed by atoms with Crippen LogP contribution < -0.4 is 5.32 Å². The molecule has 0 unspecified atom stereocenters. The van der Waals surface area contributed by atoms with Gasteiger partial charge in [-0.3, -0.25) is 4.79 Å². The molecule has 0 saturated carbocycles. The van der Waals surface area contributed by atoms with Gasteiger partial charge < -0.3 is 10.1 Å². The fourth-order valence-electron chi connectivity index (χ4n) is 4.80. The van der Waals surface area contributed by atoms with E-state index in [-0.39, 0.29) is 11.7 Å². The molecular weight excluding hydrogens is 389 g/mol. The summed E-state index contributed by atoms with van der Waals surface area (Å²) in [7, 11) is 0. The molecular formula is C27H32FNO2. The van der Waals surface area contributed by atoms with Gasteiger partial charge in [-0.05, 0) is 80.2 Å². The zero-order valence-corrected chi connectivity index (χ0v) is 18.2. The van der Waals surface area contributed by atoms with Crippen molar-refractivity contribution in [3.05, 3.63) is 71.6 Å². The summed E-state index contributed by atoms with van der Waals surface area (Å²) >= 11 is 0. The van der Waals surface area contributed by atoms with Gasteiger partial charge in [0, 0.05) is 19.8 Å². The lowest BCUT2D eigenvalue weighted by Gasteiger charge is -2.36. The van der Waals surface area contributed by atoms with Gasteiger partial charge in [0.1, 0.15) is 5.82 Å². The van der Waals surface area contributed by atoms with Gasteiger partial charge in [0.25, 0.3) is 0 Å². The SMILES string of the molecule is O=C(NCCC1=CCCCC1)C1(Cc2cccc(-c3ccc(F)cc3)c2)CCOCC1. The van der Waals surface area contributed by atoms with Crippen molar-refractivity contribution < 1.29 is 13.9 Å². The number of halogens is 1. The molecule has 0 aromatic heterocycles. The van der Waals surface area contributed by atoms with Crippen LogP contribution >= 0.6 is 0 Å². The maximum atomic E-state index is 13.3. The second-order valence-corrected chi connectivity index (χ2v) is 8.89. The zero-order valence-electron chi connectivity index (χ0n) is 18.2. The number of nitrogens with one attached hydrogen (secondary N) is 1. The predicted molar refractivity (Wildman–Crippen MR) is 122 cm³/mol. The summed E-state index contributed by atoms with van der Waals surface area (Å²) in [6.45, 7) is 1.95. The van der Waals surface area contributed by atoms with Crippen molar-refractivity contribution in [3.8, 4) is 11.1 Å². The normalized spacial score (nSPS) is 18.3. The Morgan fingerprint density at radius 3 is 2.58 bits per heavy atom. The summed E-state index contributed by atoms with van der Waals surface area (Å²) in [4.78, 5) is 13.3. The lowest BCUT2D eigenvalue weighted by molar-refractivity contribution is -0.136. The molecule has 2 aliphatic rings. The highest BCUT2D eigenvalue weighted by molar-refractivity contribution is 5.83. The topological polar surface area (TPSA) is 38.3 Å². The Labute approximate surface area is 184 Å². The van der Waals surface area contributed by atoms with E-state index in [0.29, 0.717) is 26.2 Å². The quantitative estimate of drug-likeness (QED) is 0.571. The maximum absolute atomic E-state index is 13.3. The Balaban J connectivity index is 1.46. The Kier molecular flexibility index (Phi) is 7.18. The number of benzene rings is 2. The van der Waals surface area contributed by atoms with Crippen LogP contribution in [0.15, 0.2) is 60.2 Å². The minimum atomic E-state index is -0.430. The second-order valence-electron chi connectivity index (χ2n) is 8.89. The molecule has 1 fully saturated rings. The van der Waals surface area contributed by atoms with Crippen LogP contribution in [0.25, 0.3) is 11.1 Å². The van der Waals surface area contributed by atoms with E-state index in [0.717, 1.165) is 36.0 Å². The van der Waals surface area contributed by atoms with Crippen LogP contribution in [0, 0.1) is 11.2 Å². The molecule has 1 amide bonds. The van der Waals surface area contributed by atoms with Crippen molar-refractivity contribution in [1.29, 1.82) is 0 Å². The average molecular weight is 422 g/mol. The number of carbonyl (C=O) groups is 1. The number of rotatable bonds is 7. The van der Waals surface area contributed by atoms with Gasteiger partial charge in [-0.1, -0.05) is 48.0 Å². The van der Waals surface area contributed by atoms with Crippen LogP contribution in [0.3, 0.4) is 0 Å². The molecule has 0 radical (unpaired) electrons. The highest BCUT2D eigenvalue weighted by Crippen LogP contribution is 2.36. The third-order valence-corrected chi connectivity index (χ3v) is 6.70. The van der Waals surface area contributed by atoms with E-state index in [2.05, 4.69) is 23.5 Å². The molecule has 1 saturated heterocycles. The lowest BCUT2D eigenvalue weighted by atomic mass is 9.74. The van der Waals surface area contributed by atoms with E-state index in [9.17, 15) is 9.18 Å². The molecule has 1 N–H and O–H groups in total. The van der Waals surface area contributed by atoms with Crippen molar-refractivity contribution in [2.75, 3.05) is 19.8 Å². The Morgan fingerprint density at radius 1 is 1.03 bits per heavy atom. The van der Waals surface area contributed by atoms with Crippen LogP contribution in [0.1, 0.15) is 50.5 Å². The molecule has 1 heterocycles. The van der Waals surface area contributed by atoms with Crippen LogP contribution in [-0.4, -0.2) is 25.7 Å². The van der Waals surface area contributed by atoms with Crippen LogP contribution in [-0.2, 0) is 16.0 Å². The Bertz CT molecular complexity index is 913. The van der Waals surface area contributed by atoms with E-state index in [4.69, 9.17) is 4.74 Å². The molecule has 0 bridgehead atoms. The van der Waals surface area contributed by atoms with Crippen molar-refractivity contribution in [2.45, 2.75) is 51.4 Å². The largest absolute Gasteiger partial charge is 0.381 e. The van der Waals surface area contributed by atoms with Gasteiger partial charge >= 0.3 is 0 Å². The Morgan fingerprint density at radius 2 is 1.84 bits per heavy atom. The van der Waals surface area contributed by atoms with Crippen LogP contribution in [0.4, 0.5) is 4.39 Å². The summed E-state index contributed by atoms with van der Waals surface area (Å²) in [5.74, 6) is -0.0823. The molecule has 4 rings (SSSR count). The minimum absolute atomic E-state index is 0.152. The number of amides is 1. The van der Waals surface area contributed by atoms with Gasteiger partial charge in [0.2, 0.25) is 5.91 Å². The molecule has 1 aliphatic heterocycles. The van der Waals surface area contributed by atoms with Gasteiger partial charge in [0.15, 0.2) is 0 Å². The lowest BCUT2D eigenvalue weighted by Crippen LogP contribution is -2.46. The van der Waals surface area contributed by atoms with E-state index in [1.807, 2.05) is 12.1 Å². The highest BCUT2D eigenvalue weighted by Gasteiger charge is 2.40. The molecule has 0 atom stereocenters. The Hall–Kier alpha value is -2.46. The zero-order chi connectivity index (χ0) is 21.5. The molecule has 164 valence electrons. The molecule has 31 heavy (non-hydrogen) atoms. The number of hydrogen-bond donors (Lipinski definition) is 1. The van der Waals surface area contributed by atoms with Gasteiger partial charge in [-0.2, -0.15) is 0 Å². The number of ether oxygens (including phenoxy) is 1. The van der Waals surface area contributed by atoms with Gasteiger partial charge in [0.05, 0.1) is 5.41 Å². The maximum Gasteiger partial charge on any atom is 0.226 e. The first-order valence-electron chi connectivity index (χ1n) is 11.5. The first-order chi connectivity index (χ1) is 15.1. The summed E-state index contributed by atoms with van der Waals surface area (Å²) in [5.41, 5.74) is 4.22. The van der Waals surface area contributed by atoms with Crippen LogP contribution in [0.2, 0.25) is 0 Å². The summed E-state index contributed by atoms with van der Waals surface area (Å²) in [6.07, 6.45) is 10.4. The molecule has 4 heteroatoms. The summed E-state index contributed by atoms with van der Waals surface area (Å²) in [5, 5.41) is 3.24. The molecule has 3 nitrogen and oxygen atoms in total. The van der Waals surface area contributed by atoms with Crippen LogP contribution in [0.5, 0.6) is 0 Å². The minimum Gasteiger partial charge on any atom is -0.381 e. The number of allylic oxidation sites excluding steroid dienone is 1. The fraction of sp³-hybridized carbons (Fsp3) is 0.444. The predicted octanol–water partition coefficient (Wildman–Crippen LogP) is 5.84. The first kappa shape index (κ1) is 21.8. The second kappa shape index (κ2) is 10.2.